The van der Waals surface area contributed by atoms with Gasteiger partial charge < -0.3 is 19.7 Å². The Morgan fingerprint density at radius 2 is 2.15 bits per heavy atom. The van der Waals surface area contributed by atoms with Gasteiger partial charge in [0.1, 0.15) is 17.1 Å². The van der Waals surface area contributed by atoms with Crippen molar-refractivity contribution >= 4 is 38.5 Å². The summed E-state index contributed by atoms with van der Waals surface area (Å²) in [5.74, 6) is -0.507. The van der Waals surface area contributed by atoms with Crippen LogP contribution in [0.2, 0.25) is 0 Å². The smallest absolute Gasteiger partial charge is 0.238 e. The van der Waals surface area contributed by atoms with Crippen LogP contribution in [0.25, 0.3) is 11.0 Å². The molecule has 3 aromatic rings. The number of carbonyl (C=O) groups is 1. The molecular weight excluding hydrogens is 409 g/mol. The highest BCUT2D eigenvalue weighted by atomic mass is 79.9. The van der Waals surface area contributed by atoms with E-state index < -0.39 is 18.2 Å². The van der Waals surface area contributed by atoms with E-state index in [4.69, 9.17) is 19.7 Å². The summed E-state index contributed by atoms with van der Waals surface area (Å²) in [6.07, 6.45) is 0. The standard InChI is InChI=1S/C17H13BrFN3O4/c1-24-17-11(18)3-4-12(21-17)16(20)22-25-8-13(23)15-7-9-6-10(19)2-5-14(9)26-15/h2-7H,8H2,1H3,(H2,20,22). The van der Waals surface area contributed by atoms with Crippen molar-refractivity contribution in [1.82, 2.24) is 4.98 Å². The predicted molar refractivity (Wildman–Crippen MR) is 95.7 cm³/mol. The first-order valence-corrected chi connectivity index (χ1v) is 8.16. The molecular formula is C17H13BrFN3O4. The van der Waals surface area contributed by atoms with Gasteiger partial charge in [0.15, 0.2) is 18.2 Å². The number of fused-ring (bicyclic) bond motifs is 1. The van der Waals surface area contributed by atoms with E-state index in [-0.39, 0.29) is 11.6 Å². The van der Waals surface area contributed by atoms with Crippen LogP contribution in [-0.2, 0) is 4.84 Å². The van der Waals surface area contributed by atoms with Gasteiger partial charge in [-0.1, -0.05) is 5.16 Å². The molecule has 7 nitrogen and oxygen atoms in total. The quantitative estimate of drug-likeness (QED) is 0.283. The fourth-order valence-corrected chi connectivity index (χ4v) is 2.52. The van der Waals surface area contributed by atoms with Crippen LogP contribution in [0.1, 0.15) is 16.2 Å². The van der Waals surface area contributed by atoms with Crippen molar-refractivity contribution in [1.29, 1.82) is 0 Å². The molecule has 0 saturated carbocycles. The molecule has 2 heterocycles. The van der Waals surface area contributed by atoms with E-state index in [9.17, 15) is 9.18 Å². The predicted octanol–water partition coefficient (Wildman–Crippen LogP) is 3.26. The van der Waals surface area contributed by atoms with E-state index in [0.29, 0.717) is 27.0 Å². The second kappa shape index (κ2) is 7.52. The van der Waals surface area contributed by atoms with Crippen molar-refractivity contribution in [2.75, 3.05) is 13.7 Å². The third-order valence-corrected chi connectivity index (χ3v) is 3.98. The fraction of sp³-hybridized carbons (Fsp3) is 0.118. The number of ketones is 1. The van der Waals surface area contributed by atoms with Crippen molar-refractivity contribution in [3.05, 3.63) is 58.1 Å². The van der Waals surface area contributed by atoms with Gasteiger partial charge in [0.25, 0.3) is 0 Å². The first kappa shape index (κ1) is 17.9. The van der Waals surface area contributed by atoms with Crippen molar-refractivity contribution in [2.24, 2.45) is 10.9 Å². The summed E-state index contributed by atoms with van der Waals surface area (Å²) in [5.41, 5.74) is 6.52. The summed E-state index contributed by atoms with van der Waals surface area (Å²) in [4.78, 5) is 21.2. The van der Waals surface area contributed by atoms with Crippen LogP contribution in [0.15, 0.2) is 50.4 Å². The number of benzene rings is 1. The molecule has 2 aromatic heterocycles. The number of halogens is 2. The van der Waals surface area contributed by atoms with Gasteiger partial charge in [-0.3, -0.25) is 4.79 Å². The average Bonchev–Trinajstić information content (AvgIpc) is 3.05. The molecule has 0 bridgehead atoms. The minimum Gasteiger partial charge on any atom is -0.480 e. The number of methoxy groups -OCH3 is 1. The maximum Gasteiger partial charge on any atom is 0.238 e. The third kappa shape index (κ3) is 3.83. The SMILES string of the molecule is COc1nc(/C(N)=N/OCC(=O)c2cc3cc(F)ccc3o2)ccc1Br. The zero-order valence-electron chi connectivity index (χ0n) is 13.5. The summed E-state index contributed by atoms with van der Waals surface area (Å²) in [6, 6.07) is 8.73. The first-order chi connectivity index (χ1) is 12.5. The molecule has 0 saturated heterocycles. The number of nitrogens with zero attached hydrogens (tertiary/aromatic N) is 2. The van der Waals surface area contributed by atoms with Crippen LogP contribution >= 0.6 is 15.9 Å². The topological polar surface area (TPSA) is 99.9 Å². The number of carbonyl (C=O) groups excluding carboxylic acids is 1. The zero-order valence-corrected chi connectivity index (χ0v) is 15.1. The summed E-state index contributed by atoms with van der Waals surface area (Å²) in [7, 11) is 1.47. The van der Waals surface area contributed by atoms with Gasteiger partial charge >= 0.3 is 0 Å². The molecule has 0 spiro atoms. The Morgan fingerprint density at radius 3 is 2.92 bits per heavy atom. The minimum atomic E-state index is -0.459. The van der Waals surface area contributed by atoms with Crippen molar-refractivity contribution in [3.8, 4) is 5.88 Å². The van der Waals surface area contributed by atoms with E-state index in [2.05, 4.69) is 26.1 Å². The molecule has 0 aliphatic rings. The molecule has 0 fully saturated rings. The highest BCUT2D eigenvalue weighted by Gasteiger charge is 2.14. The van der Waals surface area contributed by atoms with E-state index >= 15 is 0 Å². The average molecular weight is 422 g/mol. The lowest BCUT2D eigenvalue weighted by atomic mass is 10.2. The molecule has 9 heteroatoms. The number of rotatable bonds is 6. The highest BCUT2D eigenvalue weighted by Crippen LogP contribution is 2.22. The summed E-state index contributed by atoms with van der Waals surface area (Å²) in [5, 5.41) is 4.16. The van der Waals surface area contributed by atoms with Gasteiger partial charge in [-0.15, -0.1) is 0 Å². The van der Waals surface area contributed by atoms with Crippen LogP contribution in [0.3, 0.4) is 0 Å². The van der Waals surface area contributed by atoms with E-state index in [1.54, 1.807) is 12.1 Å². The maximum absolute atomic E-state index is 13.2. The summed E-state index contributed by atoms with van der Waals surface area (Å²) in [6.45, 7) is -0.392. The molecule has 26 heavy (non-hydrogen) atoms. The fourth-order valence-electron chi connectivity index (χ4n) is 2.14. The maximum atomic E-state index is 13.2. The molecule has 0 amide bonds. The zero-order chi connectivity index (χ0) is 18.7. The highest BCUT2D eigenvalue weighted by molar-refractivity contribution is 9.10. The van der Waals surface area contributed by atoms with Gasteiger partial charge in [-0.25, -0.2) is 9.37 Å². The molecule has 0 unspecified atom stereocenters. The first-order valence-electron chi connectivity index (χ1n) is 7.36. The molecule has 0 radical (unpaired) electrons. The lowest BCUT2D eigenvalue weighted by molar-refractivity contribution is 0.0750. The van der Waals surface area contributed by atoms with Gasteiger partial charge in [0, 0.05) is 5.39 Å². The van der Waals surface area contributed by atoms with E-state index in [1.165, 1.54) is 31.4 Å². The van der Waals surface area contributed by atoms with Gasteiger partial charge in [0.05, 0.1) is 11.6 Å². The monoisotopic (exact) mass is 421 g/mol. The summed E-state index contributed by atoms with van der Waals surface area (Å²) < 4.78 is 24.3. The lowest BCUT2D eigenvalue weighted by Gasteiger charge is -2.05. The Kier molecular flexibility index (Phi) is 5.17. The molecule has 3 rings (SSSR count). The lowest BCUT2D eigenvalue weighted by Crippen LogP contribution is -2.17. The number of amidine groups is 1. The molecule has 134 valence electrons. The molecule has 0 aliphatic carbocycles. The number of aromatic nitrogens is 1. The van der Waals surface area contributed by atoms with Crippen LogP contribution in [0.5, 0.6) is 5.88 Å². The number of nitrogens with two attached hydrogens (primary N) is 1. The Hall–Kier alpha value is -2.94. The minimum absolute atomic E-state index is 0.0183. The Balaban J connectivity index is 1.67. The van der Waals surface area contributed by atoms with Crippen LogP contribution in [0, 0.1) is 5.82 Å². The van der Waals surface area contributed by atoms with Crippen molar-refractivity contribution in [2.45, 2.75) is 0 Å². The number of pyridine rings is 1. The number of Topliss-reactive ketones (excluding diaryl/α,β-unsaturated/α-hetero) is 1. The number of furan rings is 1. The largest absolute Gasteiger partial charge is 0.480 e. The molecule has 2 N–H and O–H groups in total. The van der Waals surface area contributed by atoms with Crippen molar-refractivity contribution in [3.63, 3.8) is 0 Å². The second-order valence-corrected chi connectivity index (χ2v) is 6.01. The Morgan fingerprint density at radius 1 is 1.35 bits per heavy atom. The van der Waals surface area contributed by atoms with Crippen molar-refractivity contribution < 1.29 is 23.2 Å². The second-order valence-electron chi connectivity index (χ2n) is 5.15. The van der Waals surface area contributed by atoms with Gasteiger partial charge in [0.2, 0.25) is 11.7 Å². The molecule has 1 aromatic carbocycles. The van der Waals surface area contributed by atoms with Crippen LogP contribution < -0.4 is 10.5 Å². The number of hydrogen-bond acceptors (Lipinski definition) is 6. The normalized spacial score (nSPS) is 11.6. The van der Waals surface area contributed by atoms with Crippen LogP contribution in [0.4, 0.5) is 4.39 Å². The number of ether oxygens (including phenoxy) is 1. The Labute approximate surface area is 155 Å². The van der Waals surface area contributed by atoms with E-state index in [0.717, 1.165) is 0 Å². The number of oxime groups is 1. The van der Waals surface area contributed by atoms with Gasteiger partial charge in [-0.05, 0) is 52.3 Å². The van der Waals surface area contributed by atoms with E-state index in [1.807, 2.05) is 0 Å². The van der Waals surface area contributed by atoms with Gasteiger partial charge in [-0.2, -0.15) is 0 Å². The van der Waals surface area contributed by atoms with Crippen LogP contribution in [-0.4, -0.2) is 30.3 Å². The third-order valence-electron chi connectivity index (χ3n) is 3.38. The summed E-state index contributed by atoms with van der Waals surface area (Å²) >= 11 is 3.28. The number of hydrogen-bond donors (Lipinski definition) is 1. The molecule has 0 aliphatic heterocycles. The molecule has 0 atom stereocenters. The Bertz CT molecular complexity index is 1000.